The number of allylic oxidation sites excluding steroid dienone is 1. The van der Waals surface area contributed by atoms with Gasteiger partial charge in [-0.25, -0.2) is 4.99 Å². The number of aliphatic imine (C=N–C) groups is 1. The van der Waals surface area contributed by atoms with Gasteiger partial charge in [0.25, 0.3) is 0 Å². The van der Waals surface area contributed by atoms with E-state index < -0.39 is 0 Å². The van der Waals surface area contributed by atoms with E-state index in [1.807, 2.05) is 6.08 Å². The average molecular weight is 151 g/mol. The molecule has 2 heterocycles. The number of nitrogens with zero attached hydrogens (tertiary/aromatic N) is 1. The molecule has 0 aromatic rings. The quantitative estimate of drug-likeness (QED) is 0.500. The van der Waals surface area contributed by atoms with E-state index in [9.17, 15) is 0 Å². The highest BCUT2D eigenvalue weighted by atomic mass is 16.5. The second-order valence-electron chi connectivity index (χ2n) is 2.38. The molecule has 0 saturated carbocycles. The molecule has 3 N–H and O–H groups in total. The molecule has 4 heteroatoms. The summed E-state index contributed by atoms with van der Waals surface area (Å²) in [6, 6.07) is 0. The van der Waals surface area contributed by atoms with Crippen molar-refractivity contribution in [1.82, 2.24) is 5.32 Å². The van der Waals surface area contributed by atoms with Crippen LogP contribution in [0.5, 0.6) is 0 Å². The molecule has 2 aliphatic rings. The van der Waals surface area contributed by atoms with Crippen LogP contribution in [0.2, 0.25) is 0 Å². The molecule has 0 radical (unpaired) electrons. The predicted molar refractivity (Wildman–Crippen MR) is 41.7 cm³/mol. The lowest BCUT2D eigenvalue weighted by atomic mass is 10.1. The Labute approximate surface area is 64.4 Å². The smallest absolute Gasteiger partial charge is 0.129 e. The number of hydrogen-bond acceptors (Lipinski definition) is 4. The second kappa shape index (κ2) is 2.30. The molecule has 0 atom stereocenters. The van der Waals surface area contributed by atoms with E-state index in [0.29, 0.717) is 19.1 Å². The van der Waals surface area contributed by atoms with Crippen molar-refractivity contribution in [3.63, 3.8) is 0 Å². The number of nitrogens with one attached hydrogen (secondary N) is 1. The summed E-state index contributed by atoms with van der Waals surface area (Å²) in [7, 11) is 0. The zero-order chi connectivity index (χ0) is 7.68. The van der Waals surface area contributed by atoms with E-state index in [-0.39, 0.29) is 0 Å². The van der Waals surface area contributed by atoms with E-state index in [1.165, 1.54) is 0 Å². The summed E-state index contributed by atoms with van der Waals surface area (Å²) in [5.74, 6) is 0.586. The normalized spacial score (nSPS) is 21.6. The minimum absolute atomic E-state index is 0.522. The maximum Gasteiger partial charge on any atom is 0.129 e. The first-order chi connectivity index (χ1) is 5.38. The van der Waals surface area contributed by atoms with Crippen molar-refractivity contribution >= 4 is 5.84 Å². The molecular formula is C7H9N3O. The van der Waals surface area contributed by atoms with E-state index in [1.54, 1.807) is 6.26 Å². The zero-order valence-corrected chi connectivity index (χ0v) is 6.00. The summed E-state index contributed by atoms with van der Waals surface area (Å²) in [6.07, 6.45) is 3.52. The number of nitrogens with two attached hydrogens (primary N) is 1. The molecule has 0 unspecified atom stereocenters. The Hall–Kier alpha value is -1.45. The van der Waals surface area contributed by atoms with Gasteiger partial charge in [-0.2, -0.15) is 0 Å². The lowest BCUT2D eigenvalue weighted by molar-refractivity contribution is 0.277. The lowest BCUT2D eigenvalue weighted by Gasteiger charge is -2.20. The number of rotatable bonds is 0. The van der Waals surface area contributed by atoms with Crippen molar-refractivity contribution in [1.29, 1.82) is 0 Å². The summed E-state index contributed by atoms with van der Waals surface area (Å²) in [4.78, 5) is 4.03. The van der Waals surface area contributed by atoms with E-state index in [4.69, 9.17) is 10.5 Å². The van der Waals surface area contributed by atoms with Gasteiger partial charge >= 0.3 is 0 Å². The maximum absolute atomic E-state index is 5.63. The fourth-order valence-electron chi connectivity index (χ4n) is 1.11. The SMILES string of the molecule is NC1=NCNC2=C1COC=C2. The molecule has 58 valence electrons. The van der Waals surface area contributed by atoms with Crippen LogP contribution in [0.15, 0.2) is 28.6 Å². The van der Waals surface area contributed by atoms with Crippen LogP contribution in [0.4, 0.5) is 0 Å². The summed E-state index contributed by atoms with van der Waals surface area (Å²) in [5.41, 5.74) is 7.62. The second-order valence-corrected chi connectivity index (χ2v) is 2.38. The molecule has 0 aromatic carbocycles. The van der Waals surface area contributed by atoms with Gasteiger partial charge in [-0.05, 0) is 6.08 Å². The van der Waals surface area contributed by atoms with Gasteiger partial charge in [-0.15, -0.1) is 0 Å². The summed E-state index contributed by atoms with van der Waals surface area (Å²) in [6.45, 7) is 1.09. The van der Waals surface area contributed by atoms with Gasteiger partial charge in [-0.3, -0.25) is 0 Å². The average Bonchev–Trinajstić information content (AvgIpc) is 2.06. The van der Waals surface area contributed by atoms with Gasteiger partial charge in [0.05, 0.1) is 11.8 Å². The largest absolute Gasteiger partial charge is 0.496 e. The fourth-order valence-corrected chi connectivity index (χ4v) is 1.11. The van der Waals surface area contributed by atoms with Gasteiger partial charge < -0.3 is 15.8 Å². The van der Waals surface area contributed by atoms with E-state index in [0.717, 1.165) is 11.3 Å². The van der Waals surface area contributed by atoms with Crippen LogP contribution in [0.3, 0.4) is 0 Å². The standard InChI is InChI=1S/C7H9N3O/c8-7-5-3-11-2-1-6(5)9-4-10-7/h1-2,9H,3-4H2,(H2,8,10). The topological polar surface area (TPSA) is 59.6 Å². The molecule has 0 aromatic heterocycles. The first-order valence-electron chi connectivity index (χ1n) is 3.43. The highest BCUT2D eigenvalue weighted by molar-refractivity contribution is 5.99. The van der Waals surface area contributed by atoms with Gasteiger partial charge in [0.15, 0.2) is 0 Å². The minimum Gasteiger partial charge on any atom is -0.496 e. The molecule has 0 amide bonds. The number of amidine groups is 1. The zero-order valence-electron chi connectivity index (χ0n) is 6.00. The van der Waals surface area contributed by atoms with Crippen LogP contribution in [0.1, 0.15) is 0 Å². The van der Waals surface area contributed by atoms with Crippen molar-refractivity contribution < 1.29 is 4.74 Å². The first-order valence-corrected chi connectivity index (χ1v) is 3.43. The van der Waals surface area contributed by atoms with Crippen LogP contribution in [0, 0.1) is 0 Å². The Balaban J connectivity index is 2.37. The predicted octanol–water partition coefficient (Wildman–Crippen LogP) is -0.298. The molecular weight excluding hydrogens is 142 g/mol. The Kier molecular flexibility index (Phi) is 1.31. The molecule has 0 bridgehead atoms. The van der Waals surface area contributed by atoms with E-state index >= 15 is 0 Å². The van der Waals surface area contributed by atoms with Crippen LogP contribution in [-0.4, -0.2) is 19.1 Å². The molecule has 11 heavy (non-hydrogen) atoms. The summed E-state index contributed by atoms with van der Waals surface area (Å²) >= 11 is 0. The van der Waals surface area contributed by atoms with Gasteiger partial charge in [0, 0.05) is 5.70 Å². The molecule has 2 rings (SSSR count). The Morgan fingerprint density at radius 3 is 3.36 bits per heavy atom. The Morgan fingerprint density at radius 1 is 1.64 bits per heavy atom. The van der Waals surface area contributed by atoms with Gasteiger partial charge in [0.1, 0.15) is 19.1 Å². The van der Waals surface area contributed by atoms with Crippen LogP contribution >= 0.6 is 0 Å². The third-order valence-corrected chi connectivity index (χ3v) is 1.71. The van der Waals surface area contributed by atoms with Crippen LogP contribution < -0.4 is 11.1 Å². The molecule has 0 aliphatic carbocycles. The molecule has 0 fully saturated rings. The van der Waals surface area contributed by atoms with Crippen LogP contribution in [-0.2, 0) is 4.74 Å². The highest BCUT2D eigenvalue weighted by Crippen LogP contribution is 2.12. The van der Waals surface area contributed by atoms with Crippen molar-refractivity contribution in [2.75, 3.05) is 13.3 Å². The highest BCUT2D eigenvalue weighted by Gasteiger charge is 2.15. The monoisotopic (exact) mass is 151 g/mol. The van der Waals surface area contributed by atoms with Crippen molar-refractivity contribution in [3.05, 3.63) is 23.6 Å². The molecule has 0 spiro atoms. The summed E-state index contributed by atoms with van der Waals surface area (Å²) in [5, 5.41) is 3.10. The minimum atomic E-state index is 0.522. The molecule has 4 nitrogen and oxygen atoms in total. The number of hydrogen-bond donors (Lipinski definition) is 2. The molecule has 0 saturated heterocycles. The lowest BCUT2D eigenvalue weighted by Crippen LogP contribution is -2.32. The Bertz CT molecular complexity index is 265. The van der Waals surface area contributed by atoms with E-state index in [2.05, 4.69) is 10.3 Å². The van der Waals surface area contributed by atoms with Crippen molar-refractivity contribution in [2.24, 2.45) is 10.7 Å². The fraction of sp³-hybridized carbons (Fsp3) is 0.286. The van der Waals surface area contributed by atoms with Gasteiger partial charge in [0.2, 0.25) is 0 Å². The van der Waals surface area contributed by atoms with Crippen LogP contribution in [0.25, 0.3) is 0 Å². The number of ether oxygens (including phenoxy) is 1. The third kappa shape index (κ3) is 0.960. The van der Waals surface area contributed by atoms with Crippen molar-refractivity contribution in [3.8, 4) is 0 Å². The third-order valence-electron chi connectivity index (χ3n) is 1.71. The maximum atomic E-state index is 5.63. The summed E-state index contributed by atoms with van der Waals surface area (Å²) < 4.78 is 5.07. The Morgan fingerprint density at radius 2 is 2.55 bits per heavy atom. The van der Waals surface area contributed by atoms with Crippen molar-refractivity contribution in [2.45, 2.75) is 0 Å². The molecule has 2 aliphatic heterocycles. The van der Waals surface area contributed by atoms with Gasteiger partial charge in [-0.1, -0.05) is 0 Å². The first kappa shape index (κ1) is 6.27.